The molecule has 8 nitrogen and oxygen atoms in total. The second-order valence-corrected chi connectivity index (χ2v) is 12.2. The van der Waals surface area contributed by atoms with Crippen LogP contribution >= 0.6 is 0 Å². The second kappa shape index (κ2) is 12.3. The van der Waals surface area contributed by atoms with Crippen LogP contribution in [-0.2, 0) is 14.8 Å². The molecular formula is C30H36N4O4S. The summed E-state index contributed by atoms with van der Waals surface area (Å²) in [4.78, 5) is 17.5. The highest BCUT2D eigenvalue weighted by atomic mass is 32.2. The Morgan fingerprint density at radius 2 is 1.38 bits per heavy atom. The van der Waals surface area contributed by atoms with E-state index in [2.05, 4.69) is 63.6 Å². The summed E-state index contributed by atoms with van der Waals surface area (Å²) in [6, 6.07) is 25.2. The fourth-order valence-electron chi connectivity index (χ4n) is 5.49. The molecule has 2 aliphatic heterocycles. The standard InChI is InChI=1S/C30H36N4O4S/c35-28-15-14-26(39(37,38)34-16-8-3-9-17-34)22-27(28)31-29(36)23-32-18-20-33(21-19-32)30(24-10-4-1-5-11-24)25-12-6-2-7-13-25/h1-2,4-7,10-15,22,30,35H,3,8-9,16-21,23H2,(H,31,36). The van der Waals surface area contributed by atoms with Gasteiger partial charge in [0.1, 0.15) is 5.75 Å². The van der Waals surface area contributed by atoms with E-state index in [0.717, 1.165) is 45.4 Å². The van der Waals surface area contributed by atoms with Gasteiger partial charge in [-0.1, -0.05) is 67.1 Å². The maximum Gasteiger partial charge on any atom is 0.243 e. The molecule has 0 unspecified atom stereocenters. The van der Waals surface area contributed by atoms with Crippen molar-refractivity contribution >= 4 is 21.6 Å². The molecule has 2 saturated heterocycles. The number of piperazine rings is 1. The van der Waals surface area contributed by atoms with Crippen LogP contribution in [0.15, 0.2) is 83.8 Å². The maximum absolute atomic E-state index is 13.1. The molecule has 1 amide bonds. The number of phenolic OH excluding ortho intramolecular Hbond substituents is 1. The van der Waals surface area contributed by atoms with Gasteiger partial charge in [-0.05, 0) is 42.2 Å². The lowest BCUT2D eigenvalue weighted by Crippen LogP contribution is -2.49. The number of anilines is 1. The Bertz CT molecular complexity index is 1310. The van der Waals surface area contributed by atoms with E-state index in [-0.39, 0.29) is 34.8 Å². The molecule has 2 heterocycles. The zero-order valence-corrected chi connectivity index (χ0v) is 22.9. The van der Waals surface area contributed by atoms with Gasteiger partial charge in [-0.25, -0.2) is 8.42 Å². The quantitative estimate of drug-likeness (QED) is 0.415. The largest absolute Gasteiger partial charge is 0.506 e. The highest BCUT2D eigenvalue weighted by Gasteiger charge is 2.29. The van der Waals surface area contributed by atoms with Gasteiger partial charge in [-0.15, -0.1) is 0 Å². The summed E-state index contributed by atoms with van der Waals surface area (Å²) in [5, 5.41) is 13.1. The molecule has 206 valence electrons. The fourth-order valence-corrected chi connectivity index (χ4v) is 7.03. The molecule has 0 atom stereocenters. The van der Waals surface area contributed by atoms with Crippen LogP contribution in [-0.4, -0.2) is 79.3 Å². The van der Waals surface area contributed by atoms with Gasteiger partial charge >= 0.3 is 0 Å². The van der Waals surface area contributed by atoms with Crippen LogP contribution in [0.5, 0.6) is 5.75 Å². The molecule has 9 heteroatoms. The number of phenols is 1. The smallest absolute Gasteiger partial charge is 0.243 e. The molecule has 2 N–H and O–H groups in total. The number of piperidine rings is 1. The molecule has 2 aliphatic rings. The minimum atomic E-state index is -3.67. The van der Waals surface area contributed by atoms with Gasteiger partial charge in [-0.3, -0.25) is 14.6 Å². The van der Waals surface area contributed by atoms with E-state index < -0.39 is 10.0 Å². The summed E-state index contributed by atoms with van der Waals surface area (Å²) in [5.74, 6) is -0.437. The molecule has 0 saturated carbocycles. The normalized spacial score (nSPS) is 17.8. The minimum Gasteiger partial charge on any atom is -0.506 e. The lowest BCUT2D eigenvalue weighted by Gasteiger charge is -2.39. The van der Waals surface area contributed by atoms with Crippen LogP contribution in [0.25, 0.3) is 0 Å². The van der Waals surface area contributed by atoms with Crippen molar-refractivity contribution in [3.63, 3.8) is 0 Å². The van der Waals surface area contributed by atoms with Gasteiger partial charge in [0.15, 0.2) is 0 Å². The summed E-state index contributed by atoms with van der Waals surface area (Å²) >= 11 is 0. The molecule has 3 aromatic rings. The maximum atomic E-state index is 13.1. The number of nitrogens with one attached hydrogen (secondary N) is 1. The van der Waals surface area contributed by atoms with Crippen molar-refractivity contribution in [2.75, 3.05) is 51.1 Å². The predicted molar refractivity (Wildman–Crippen MR) is 152 cm³/mol. The number of carbonyl (C=O) groups excluding carboxylic acids is 1. The zero-order valence-electron chi connectivity index (χ0n) is 22.1. The Hall–Kier alpha value is -3.24. The van der Waals surface area contributed by atoms with Crippen LogP contribution in [0, 0.1) is 0 Å². The molecule has 0 aromatic heterocycles. The first kappa shape index (κ1) is 27.3. The molecule has 5 rings (SSSR count). The topological polar surface area (TPSA) is 93.2 Å². The molecule has 0 aliphatic carbocycles. The molecule has 0 bridgehead atoms. The third-order valence-corrected chi connectivity index (χ3v) is 9.46. The summed E-state index contributed by atoms with van der Waals surface area (Å²) in [7, 11) is -3.67. The number of carbonyl (C=O) groups is 1. The van der Waals surface area contributed by atoms with E-state index in [4.69, 9.17) is 0 Å². The molecule has 0 spiro atoms. The van der Waals surface area contributed by atoms with Gasteiger partial charge in [0, 0.05) is 39.3 Å². The van der Waals surface area contributed by atoms with Crippen molar-refractivity contribution < 1.29 is 18.3 Å². The highest BCUT2D eigenvalue weighted by Crippen LogP contribution is 2.31. The van der Waals surface area contributed by atoms with Gasteiger partial charge in [0.25, 0.3) is 0 Å². The summed E-state index contributed by atoms with van der Waals surface area (Å²) in [6.45, 7) is 4.20. The molecular weight excluding hydrogens is 512 g/mol. The van der Waals surface area contributed by atoms with Crippen molar-refractivity contribution in [3.8, 4) is 5.75 Å². The first-order valence-corrected chi connectivity index (χ1v) is 15.0. The van der Waals surface area contributed by atoms with Crippen molar-refractivity contribution in [1.82, 2.24) is 14.1 Å². The Morgan fingerprint density at radius 1 is 0.795 bits per heavy atom. The lowest BCUT2D eigenvalue weighted by molar-refractivity contribution is -0.117. The Kier molecular flexibility index (Phi) is 8.62. The van der Waals surface area contributed by atoms with Crippen LogP contribution in [0.2, 0.25) is 0 Å². The average molecular weight is 549 g/mol. The number of benzene rings is 3. The predicted octanol–water partition coefficient (Wildman–Crippen LogP) is 3.91. The number of rotatable bonds is 8. The van der Waals surface area contributed by atoms with E-state index in [1.807, 2.05) is 12.1 Å². The SMILES string of the molecule is O=C(CN1CCN(C(c2ccccc2)c2ccccc2)CC1)Nc1cc(S(=O)(=O)N2CCCCC2)ccc1O. The van der Waals surface area contributed by atoms with Gasteiger partial charge in [-0.2, -0.15) is 4.31 Å². The molecule has 0 radical (unpaired) electrons. The third kappa shape index (κ3) is 6.50. The third-order valence-electron chi connectivity index (χ3n) is 7.56. The summed E-state index contributed by atoms with van der Waals surface area (Å²) in [6.07, 6.45) is 2.70. The van der Waals surface area contributed by atoms with E-state index in [1.54, 1.807) is 0 Å². The van der Waals surface area contributed by atoms with Crippen LogP contribution < -0.4 is 5.32 Å². The number of hydrogen-bond acceptors (Lipinski definition) is 6. The number of aromatic hydroxyl groups is 1. The first-order chi connectivity index (χ1) is 18.9. The second-order valence-electron chi connectivity index (χ2n) is 10.2. The van der Waals surface area contributed by atoms with Gasteiger partial charge in [0.05, 0.1) is 23.2 Å². The number of hydrogen-bond donors (Lipinski definition) is 2. The highest BCUT2D eigenvalue weighted by molar-refractivity contribution is 7.89. The molecule has 2 fully saturated rings. The summed E-state index contributed by atoms with van der Waals surface area (Å²) in [5.41, 5.74) is 2.60. The van der Waals surface area contributed by atoms with Crippen molar-refractivity contribution in [1.29, 1.82) is 0 Å². The number of amides is 1. The average Bonchev–Trinajstić information content (AvgIpc) is 2.97. The van der Waals surface area contributed by atoms with E-state index in [9.17, 15) is 18.3 Å². The van der Waals surface area contributed by atoms with Crippen molar-refractivity contribution in [2.45, 2.75) is 30.2 Å². The van der Waals surface area contributed by atoms with Crippen LogP contribution in [0.4, 0.5) is 5.69 Å². The first-order valence-electron chi connectivity index (χ1n) is 13.6. The van der Waals surface area contributed by atoms with Crippen LogP contribution in [0.3, 0.4) is 0 Å². The number of sulfonamides is 1. The van der Waals surface area contributed by atoms with E-state index in [1.165, 1.54) is 33.6 Å². The monoisotopic (exact) mass is 548 g/mol. The Balaban J connectivity index is 1.21. The fraction of sp³-hybridized carbons (Fsp3) is 0.367. The van der Waals surface area contributed by atoms with E-state index in [0.29, 0.717) is 13.1 Å². The van der Waals surface area contributed by atoms with Crippen molar-refractivity contribution in [3.05, 3.63) is 90.0 Å². The number of nitrogens with zero attached hydrogens (tertiary/aromatic N) is 3. The minimum absolute atomic E-state index is 0.0824. The summed E-state index contributed by atoms with van der Waals surface area (Å²) < 4.78 is 27.6. The lowest BCUT2D eigenvalue weighted by atomic mass is 9.96. The Labute approximate surface area is 230 Å². The molecule has 39 heavy (non-hydrogen) atoms. The van der Waals surface area contributed by atoms with Crippen LogP contribution in [0.1, 0.15) is 36.4 Å². The van der Waals surface area contributed by atoms with Crippen molar-refractivity contribution in [2.24, 2.45) is 0 Å². The molecule has 3 aromatic carbocycles. The Morgan fingerprint density at radius 3 is 1.97 bits per heavy atom. The zero-order chi connectivity index (χ0) is 27.2. The van der Waals surface area contributed by atoms with Gasteiger partial charge in [0.2, 0.25) is 15.9 Å². The van der Waals surface area contributed by atoms with E-state index >= 15 is 0 Å². The van der Waals surface area contributed by atoms with Gasteiger partial charge < -0.3 is 10.4 Å².